The minimum absolute atomic E-state index is 0.106. The van der Waals surface area contributed by atoms with E-state index in [4.69, 9.17) is 10.4 Å². The Bertz CT molecular complexity index is 519. The van der Waals surface area contributed by atoms with E-state index in [1.165, 1.54) is 0 Å². The van der Waals surface area contributed by atoms with Gasteiger partial charge in [-0.25, -0.2) is 0 Å². The summed E-state index contributed by atoms with van der Waals surface area (Å²) < 4.78 is 0. The lowest BCUT2D eigenvalue weighted by Gasteiger charge is -2.20. The molecule has 1 aromatic rings. The van der Waals surface area contributed by atoms with Crippen LogP contribution in [0.5, 0.6) is 0 Å². The lowest BCUT2D eigenvalue weighted by atomic mass is 9.99. The molecule has 1 aliphatic rings. The van der Waals surface area contributed by atoms with Crippen LogP contribution in [0.1, 0.15) is 18.1 Å². The molecule has 0 saturated carbocycles. The van der Waals surface area contributed by atoms with Gasteiger partial charge < -0.3 is 10.0 Å². The number of aryl methyl sites for hydroxylation is 1. The van der Waals surface area contributed by atoms with Crippen LogP contribution in [0.25, 0.3) is 0 Å². The molecule has 0 amide bonds. The smallest absolute Gasteiger partial charge is 0.308 e. The van der Waals surface area contributed by atoms with Gasteiger partial charge in [-0.05, 0) is 30.5 Å². The molecule has 1 heterocycles. The monoisotopic (exact) mass is 244 g/mol. The van der Waals surface area contributed by atoms with Gasteiger partial charge in [-0.1, -0.05) is 13.0 Å². The van der Waals surface area contributed by atoms with Crippen molar-refractivity contribution in [2.24, 2.45) is 11.8 Å². The maximum atomic E-state index is 11.1. The third-order valence-electron chi connectivity index (χ3n) is 3.54. The number of carbonyl (C=O) groups is 1. The van der Waals surface area contributed by atoms with Crippen molar-refractivity contribution in [3.63, 3.8) is 0 Å². The molecule has 4 heteroatoms. The Morgan fingerprint density at radius 1 is 1.50 bits per heavy atom. The largest absolute Gasteiger partial charge is 0.481 e. The van der Waals surface area contributed by atoms with Crippen LogP contribution in [-0.2, 0) is 4.79 Å². The molecule has 1 aromatic carbocycles. The highest BCUT2D eigenvalue weighted by Crippen LogP contribution is 2.31. The Balaban J connectivity index is 2.32. The summed E-state index contributed by atoms with van der Waals surface area (Å²) in [6, 6.07) is 7.82. The number of carboxylic acid groups (broad SMARTS) is 1. The van der Waals surface area contributed by atoms with Gasteiger partial charge in [-0.2, -0.15) is 5.26 Å². The molecule has 2 atom stereocenters. The van der Waals surface area contributed by atoms with Gasteiger partial charge in [0.1, 0.15) is 6.07 Å². The van der Waals surface area contributed by atoms with Crippen molar-refractivity contribution in [1.82, 2.24) is 0 Å². The van der Waals surface area contributed by atoms with Crippen molar-refractivity contribution >= 4 is 11.7 Å². The van der Waals surface area contributed by atoms with Gasteiger partial charge >= 0.3 is 5.97 Å². The number of rotatable bonds is 2. The summed E-state index contributed by atoms with van der Waals surface area (Å²) in [4.78, 5) is 13.1. The van der Waals surface area contributed by atoms with E-state index in [1.807, 2.05) is 30.9 Å². The van der Waals surface area contributed by atoms with E-state index in [1.54, 1.807) is 6.07 Å². The lowest BCUT2D eigenvalue weighted by Crippen LogP contribution is -2.23. The molecule has 0 bridgehead atoms. The van der Waals surface area contributed by atoms with E-state index in [0.29, 0.717) is 18.7 Å². The van der Waals surface area contributed by atoms with Crippen LogP contribution in [0.2, 0.25) is 0 Å². The summed E-state index contributed by atoms with van der Waals surface area (Å²) >= 11 is 0. The number of hydrogen-bond acceptors (Lipinski definition) is 3. The topological polar surface area (TPSA) is 64.3 Å². The minimum atomic E-state index is -0.754. The number of hydrogen-bond donors (Lipinski definition) is 1. The Morgan fingerprint density at radius 2 is 2.22 bits per heavy atom. The quantitative estimate of drug-likeness (QED) is 0.864. The van der Waals surface area contributed by atoms with Crippen LogP contribution < -0.4 is 4.90 Å². The fourth-order valence-corrected chi connectivity index (χ4v) is 2.48. The number of nitriles is 1. The first kappa shape index (κ1) is 12.4. The van der Waals surface area contributed by atoms with Crippen molar-refractivity contribution < 1.29 is 9.90 Å². The van der Waals surface area contributed by atoms with Crippen molar-refractivity contribution in [2.75, 3.05) is 18.0 Å². The maximum absolute atomic E-state index is 11.1. The average Bonchev–Trinajstić information content (AvgIpc) is 2.71. The Kier molecular flexibility index (Phi) is 3.24. The zero-order chi connectivity index (χ0) is 13.3. The van der Waals surface area contributed by atoms with E-state index in [9.17, 15) is 4.79 Å². The average molecular weight is 244 g/mol. The summed E-state index contributed by atoms with van der Waals surface area (Å²) in [5.74, 6) is -0.997. The van der Waals surface area contributed by atoms with Crippen molar-refractivity contribution in [3.8, 4) is 6.07 Å². The normalized spacial score (nSPS) is 22.8. The van der Waals surface area contributed by atoms with Crippen molar-refractivity contribution in [3.05, 3.63) is 29.3 Å². The van der Waals surface area contributed by atoms with E-state index >= 15 is 0 Å². The Hall–Kier alpha value is -2.02. The molecule has 0 aromatic heterocycles. The molecular formula is C14H16N2O2. The second-order valence-electron chi connectivity index (χ2n) is 4.96. The first-order chi connectivity index (χ1) is 8.52. The molecule has 1 aliphatic heterocycles. The molecule has 1 fully saturated rings. The van der Waals surface area contributed by atoms with E-state index in [0.717, 1.165) is 11.3 Å². The molecular weight excluding hydrogens is 228 g/mol. The lowest BCUT2D eigenvalue weighted by molar-refractivity contribution is -0.142. The molecule has 2 unspecified atom stereocenters. The Morgan fingerprint density at radius 3 is 2.78 bits per heavy atom. The zero-order valence-corrected chi connectivity index (χ0v) is 10.6. The molecule has 18 heavy (non-hydrogen) atoms. The maximum Gasteiger partial charge on any atom is 0.308 e. The summed E-state index contributed by atoms with van der Waals surface area (Å²) in [5.41, 5.74) is 2.54. The molecule has 1 N–H and O–H groups in total. The van der Waals surface area contributed by atoms with Crippen LogP contribution in [0.3, 0.4) is 0 Å². The van der Waals surface area contributed by atoms with Gasteiger partial charge in [-0.3, -0.25) is 4.79 Å². The summed E-state index contributed by atoms with van der Waals surface area (Å²) in [7, 11) is 0. The number of benzene rings is 1. The van der Waals surface area contributed by atoms with Crippen LogP contribution in [0.4, 0.5) is 5.69 Å². The highest BCUT2D eigenvalue weighted by atomic mass is 16.4. The predicted molar refractivity (Wildman–Crippen MR) is 68.4 cm³/mol. The van der Waals surface area contributed by atoms with Crippen molar-refractivity contribution in [1.29, 1.82) is 5.26 Å². The Labute approximate surface area is 106 Å². The van der Waals surface area contributed by atoms with E-state index in [-0.39, 0.29) is 11.8 Å². The van der Waals surface area contributed by atoms with Gasteiger partial charge in [0.25, 0.3) is 0 Å². The number of aliphatic carboxylic acids is 1. The summed E-state index contributed by atoms with van der Waals surface area (Å²) in [6.45, 7) is 5.09. The summed E-state index contributed by atoms with van der Waals surface area (Å²) in [5, 5.41) is 18.3. The van der Waals surface area contributed by atoms with Crippen LogP contribution >= 0.6 is 0 Å². The molecule has 94 valence electrons. The van der Waals surface area contributed by atoms with E-state index < -0.39 is 5.97 Å². The molecule has 0 spiro atoms. The number of anilines is 1. The zero-order valence-electron chi connectivity index (χ0n) is 10.6. The van der Waals surface area contributed by atoms with Gasteiger partial charge in [0.05, 0.1) is 17.2 Å². The predicted octanol–water partition coefficient (Wildman–Crippen LogP) is 2.02. The molecule has 0 radical (unpaired) electrons. The fourth-order valence-electron chi connectivity index (χ4n) is 2.48. The second-order valence-corrected chi connectivity index (χ2v) is 4.96. The SMILES string of the molecule is Cc1ccc(C#N)c(N2CC(C)C(C(=O)O)C2)c1. The molecule has 2 rings (SSSR count). The highest BCUT2D eigenvalue weighted by molar-refractivity contribution is 5.73. The number of nitrogens with zero attached hydrogens (tertiary/aromatic N) is 2. The van der Waals surface area contributed by atoms with E-state index in [2.05, 4.69) is 6.07 Å². The van der Waals surface area contributed by atoms with Gasteiger partial charge in [0, 0.05) is 13.1 Å². The third-order valence-corrected chi connectivity index (χ3v) is 3.54. The molecule has 4 nitrogen and oxygen atoms in total. The standard InChI is InChI=1S/C14H16N2O2/c1-9-3-4-11(6-15)13(5-9)16-7-10(2)12(8-16)14(17)18/h3-5,10,12H,7-8H2,1-2H3,(H,17,18). The number of carboxylic acids is 1. The van der Waals surface area contributed by atoms with Crippen LogP contribution in [0, 0.1) is 30.1 Å². The van der Waals surface area contributed by atoms with Gasteiger partial charge in [0.15, 0.2) is 0 Å². The minimum Gasteiger partial charge on any atom is -0.481 e. The fraction of sp³-hybridized carbons (Fsp3) is 0.429. The first-order valence-electron chi connectivity index (χ1n) is 6.01. The van der Waals surface area contributed by atoms with Gasteiger partial charge in [0.2, 0.25) is 0 Å². The van der Waals surface area contributed by atoms with Crippen LogP contribution in [-0.4, -0.2) is 24.2 Å². The van der Waals surface area contributed by atoms with Crippen molar-refractivity contribution in [2.45, 2.75) is 13.8 Å². The molecule has 0 aliphatic carbocycles. The van der Waals surface area contributed by atoms with Crippen LogP contribution in [0.15, 0.2) is 18.2 Å². The second kappa shape index (κ2) is 4.69. The third kappa shape index (κ3) is 2.17. The summed E-state index contributed by atoms with van der Waals surface area (Å²) in [6.07, 6.45) is 0. The van der Waals surface area contributed by atoms with Gasteiger partial charge in [-0.15, -0.1) is 0 Å². The highest BCUT2D eigenvalue weighted by Gasteiger charge is 2.35. The first-order valence-corrected chi connectivity index (χ1v) is 6.01. The molecule has 1 saturated heterocycles.